The highest BCUT2D eigenvalue weighted by Gasteiger charge is 2.29. The number of hydrogen-bond acceptors (Lipinski definition) is 3. The van der Waals surface area contributed by atoms with E-state index in [0.717, 1.165) is 24.1 Å². The molecule has 0 aliphatic rings. The number of hydrogen-bond donors (Lipinski definition) is 1. The van der Waals surface area contributed by atoms with E-state index in [-0.39, 0.29) is 11.6 Å². The van der Waals surface area contributed by atoms with E-state index in [2.05, 4.69) is 12.2 Å². The molecule has 0 spiro atoms. The zero-order valence-corrected chi connectivity index (χ0v) is 21.6. The minimum absolute atomic E-state index is 0.147. The Morgan fingerprint density at radius 3 is 2.39 bits per heavy atom. The summed E-state index contributed by atoms with van der Waals surface area (Å²) in [5.74, 6) is 0.549. The monoisotopic (exact) mass is 502 g/mol. The fraction of sp³-hybridized carbons (Fsp3) is 0.276. The summed E-state index contributed by atoms with van der Waals surface area (Å²) in [7, 11) is 0. The van der Waals surface area contributed by atoms with E-state index >= 15 is 0 Å². The van der Waals surface area contributed by atoms with Gasteiger partial charge < -0.3 is 10.2 Å². The molecule has 36 heavy (non-hydrogen) atoms. The lowest BCUT2D eigenvalue weighted by Crippen LogP contribution is -2.41. The highest BCUT2D eigenvalue weighted by atomic mass is 35.5. The van der Waals surface area contributed by atoms with E-state index in [4.69, 9.17) is 16.6 Å². The third kappa shape index (κ3) is 5.44. The first-order valence-corrected chi connectivity index (χ1v) is 12.7. The van der Waals surface area contributed by atoms with Crippen LogP contribution < -0.4 is 10.9 Å². The summed E-state index contributed by atoms with van der Waals surface area (Å²) in [4.78, 5) is 34.1. The Balaban J connectivity index is 1.85. The third-order valence-corrected chi connectivity index (χ3v) is 6.52. The van der Waals surface area contributed by atoms with E-state index in [9.17, 15) is 9.59 Å². The number of para-hydroxylation sites is 1. The third-order valence-electron chi connectivity index (χ3n) is 6.26. The minimum Gasteiger partial charge on any atom is -0.314 e. The van der Waals surface area contributed by atoms with Gasteiger partial charge in [-0.25, -0.2) is 9.78 Å². The van der Waals surface area contributed by atoms with Gasteiger partial charge in [-0.05, 0) is 68.3 Å². The topological polar surface area (TPSA) is 67.2 Å². The molecule has 0 radical (unpaired) electrons. The molecule has 1 atom stereocenters. The molecule has 2 amide bonds. The number of carbonyl (C=O) groups excluding carboxylic acids is 1. The molecule has 0 aliphatic carbocycles. The largest absolute Gasteiger partial charge is 0.322 e. The molecule has 186 valence electrons. The summed E-state index contributed by atoms with van der Waals surface area (Å²) < 4.78 is 1.66. The van der Waals surface area contributed by atoms with E-state index in [1.54, 1.807) is 39.8 Å². The Labute approximate surface area is 216 Å². The van der Waals surface area contributed by atoms with Crippen molar-refractivity contribution in [2.75, 3.05) is 11.9 Å². The van der Waals surface area contributed by atoms with Crippen LogP contribution in [-0.2, 0) is 0 Å². The number of amides is 2. The fourth-order valence-electron chi connectivity index (χ4n) is 4.32. The zero-order chi connectivity index (χ0) is 25.7. The van der Waals surface area contributed by atoms with Crippen molar-refractivity contribution in [3.8, 4) is 5.69 Å². The summed E-state index contributed by atoms with van der Waals surface area (Å²) in [5.41, 5.74) is 2.95. The van der Waals surface area contributed by atoms with Gasteiger partial charge in [0.25, 0.3) is 5.56 Å². The van der Waals surface area contributed by atoms with E-state index in [0.29, 0.717) is 40.4 Å². The number of anilines is 1. The number of urea groups is 1. The maximum atomic E-state index is 13.8. The second-order valence-corrected chi connectivity index (χ2v) is 9.31. The Bertz CT molecular complexity index is 1400. The van der Waals surface area contributed by atoms with Gasteiger partial charge in [0.1, 0.15) is 5.82 Å². The molecule has 3 aromatic carbocycles. The summed E-state index contributed by atoms with van der Waals surface area (Å²) >= 11 is 6.02. The molecule has 0 saturated carbocycles. The predicted molar refractivity (Wildman–Crippen MR) is 147 cm³/mol. The second kappa shape index (κ2) is 11.4. The lowest BCUT2D eigenvalue weighted by molar-refractivity contribution is 0.180. The highest BCUT2D eigenvalue weighted by molar-refractivity contribution is 6.30. The van der Waals surface area contributed by atoms with Crippen molar-refractivity contribution in [2.24, 2.45) is 0 Å². The number of nitrogens with zero attached hydrogens (tertiary/aromatic N) is 3. The Hall–Kier alpha value is -3.64. The Kier molecular flexibility index (Phi) is 8.06. The predicted octanol–water partition coefficient (Wildman–Crippen LogP) is 7.13. The number of fused-ring (bicyclic) bond motifs is 1. The minimum atomic E-state index is -0.414. The van der Waals surface area contributed by atoms with Crippen molar-refractivity contribution < 1.29 is 4.79 Å². The number of benzene rings is 3. The summed E-state index contributed by atoms with van der Waals surface area (Å²) in [6.45, 7) is 6.65. The van der Waals surface area contributed by atoms with Crippen LogP contribution in [0.25, 0.3) is 16.6 Å². The highest BCUT2D eigenvalue weighted by Crippen LogP contribution is 2.27. The molecule has 1 aromatic heterocycles. The molecule has 4 aromatic rings. The zero-order valence-electron chi connectivity index (χ0n) is 20.9. The summed E-state index contributed by atoms with van der Waals surface area (Å²) in [5, 5.41) is 4.14. The first kappa shape index (κ1) is 25.5. The molecule has 0 fully saturated rings. The molecule has 0 bridgehead atoms. The number of aryl methyl sites for hydroxylation is 1. The van der Waals surface area contributed by atoms with Crippen LogP contribution >= 0.6 is 11.6 Å². The number of carbonyl (C=O) groups is 1. The van der Waals surface area contributed by atoms with Crippen LogP contribution in [0.5, 0.6) is 0 Å². The van der Waals surface area contributed by atoms with Crippen LogP contribution in [0.2, 0.25) is 5.02 Å². The van der Waals surface area contributed by atoms with Gasteiger partial charge in [0, 0.05) is 17.3 Å². The van der Waals surface area contributed by atoms with Crippen molar-refractivity contribution in [1.29, 1.82) is 0 Å². The maximum Gasteiger partial charge on any atom is 0.322 e. The SMILES string of the molecule is CCCCN(C(=O)Nc1ccc(Cl)cc1)C(CC)c1nc2ccccc2c(=O)n1-c1ccc(C)cc1. The maximum absolute atomic E-state index is 13.8. The lowest BCUT2D eigenvalue weighted by atomic mass is 10.1. The van der Waals surface area contributed by atoms with Crippen LogP contribution in [0.15, 0.2) is 77.6 Å². The number of aromatic nitrogens is 2. The van der Waals surface area contributed by atoms with Gasteiger partial charge in [-0.1, -0.05) is 61.7 Å². The Morgan fingerprint density at radius 1 is 1.03 bits per heavy atom. The standard InChI is InChI=1S/C29H31ClN4O2/c1-4-6-19-33(29(36)31-22-15-13-21(30)14-16-22)26(5-2)27-32-25-10-8-7-9-24(25)28(35)34(27)23-17-11-20(3)12-18-23/h7-18,26H,4-6,19H2,1-3H3,(H,31,36). The molecule has 7 heteroatoms. The van der Waals surface area contributed by atoms with Gasteiger partial charge in [0.15, 0.2) is 0 Å². The van der Waals surface area contributed by atoms with Crippen molar-refractivity contribution in [1.82, 2.24) is 14.5 Å². The van der Waals surface area contributed by atoms with Gasteiger partial charge in [-0.3, -0.25) is 9.36 Å². The second-order valence-electron chi connectivity index (χ2n) is 8.87. The normalized spacial score (nSPS) is 11.9. The van der Waals surface area contributed by atoms with E-state index in [1.807, 2.05) is 56.3 Å². The molecule has 0 saturated heterocycles. The van der Waals surface area contributed by atoms with Gasteiger partial charge in [0.2, 0.25) is 0 Å². The van der Waals surface area contributed by atoms with Crippen LogP contribution in [0, 0.1) is 6.92 Å². The van der Waals surface area contributed by atoms with Crippen LogP contribution in [0.4, 0.5) is 10.5 Å². The number of halogens is 1. The van der Waals surface area contributed by atoms with Gasteiger partial charge in [-0.2, -0.15) is 0 Å². The van der Waals surface area contributed by atoms with E-state index < -0.39 is 6.04 Å². The van der Waals surface area contributed by atoms with Crippen molar-refractivity contribution in [3.63, 3.8) is 0 Å². The van der Waals surface area contributed by atoms with Crippen molar-refractivity contribution in [2.45, 2.75) is 46.1 Å². The molecule has 4 rings (SSSR count). The number of nitrogens with one attached hydrogen (secondary N) is 1. The van der Waals surface area contributed by atoms with Crippen LogP contribution in [0.3, 0.4) is 0 Å². The molecular weight excluding hydrogens is 472 g/mol. The van der Waals surface area contributed by atoms with Crippen molar-refractivity contribution in [3.05, 3.63) is 99.6 Å². The number of unbranched alkanes of at least 4 members (excludes halogenated alkanes) is 1. The average molecular weight is 503 g/mol. The number of rotatable bonds is 8. The molecule has 6 nitrogen and oxygen atoms in total. The van der Waals surface area contributed by atoms with E-state index in [1.165, 1.54) is 0 Å². The smallest absolute Gasteiger partial charge is 0.314 e. The fourth-order valence-corrected chi connectivity index (χ4v) is 4.44. The Morgan fingerprint density at radius 2 is 1.72 bits per heavy atom. The quantitative estimate of drug-likeness (QED) is 0.278. The summed E-state index contributed by atoms with van der Waals surface area (Å²) in [6.07, 6.45) is 2.35. The molecule has 1 N–H and O–H groups in total. The lowest BCUT2D eigenvalue weighted by Gasteiger charge is -2.32. The van der Waals surface area contributed by atoms with Gasteiger partial charge in [0.05, 0.1) is 22.6 Å². The van der Waals surface area contributed by atoms with Gasteiger partial charge in [-0.15, -0.1) is 0 Å². The van der Waals surface area contributed by atoms with Crippen LogP contribution in [-0.4, -0.2) is 27.0 Å². The molecule has 1 unspecified atom stereocenters. The summed E-state index contributed by atoms with van der Waals surface area (Å²) in [6, 6.07) is 21.5. The van der Waals surface area contributed by atoms with Gasteiger partial charge >= 0.3 is 6.03 Å². The average Bonchev–Trinajstić information content (AvgIpc) is 2.88. The first-order chi connectivity index (χ1) is 17.4. The molecule has 1 heterocycles. The molecule has 0 aliphatic heterocycles. The first-order valence-electron chi connectivity index (χ1n) is 12.3. The molecular formula is C29H31ClN4O2. The van der Waals surface area contributed by atoms with Crippen LogP contribution in [0.1, 0.15) is 50.5 Å². The van der Waals surface area contributed by atoms with Crippen molar-refractivity contribution >= 4 is 34.2 Å².